The van der Waals surface area contributed by atoms with Crippen molar-refractivity contribution >= 4 is 40.0 Å². The molecule has 7 nitrogen and oxygen atoms in total. The third kappa shape index (κ3) is 5.31. The molecule has 0 atom stereocenters. The van der Waals surface area contributed by atoms with Crippen LogP contribution in [0.3, 0.4) is 0 Å². The first kappa shape index (κ1) is 24.0. The number of carbonyl (C=O) groups excluding carboxylic acids is 1. The van der Waals surface area contributed by atoms with E-state index in [1.807, 2.05) is 7.05 Å². The lowest BCUT2D eigenvalue weighted by Gasteiger charge is -2.30. The van der Waals surface area contributed by atoms with Gasteiger partial charge in [-0.2, -0.15) is 18.3 Å². The minimum atomic E-state index is -5.19. The van der Waals surface area contributed by atoms with E-state index in [0.717, 1.165) is 31.5 Å². The van der Waals surface area contributed by atoms with Crippen LogP contribution in [0.2, 0.25) is 5.02 Å². The van der Waals surface area contributed by atoms with Gasteiger partial charge in [0.1, 0.15) is 23.9 Å². The van der Waals surface area contributed by atoms with Gasteiger partial charge in [-0.05, 0) is 38.1 Å². The van der Waals surface area contributed by atoms with Gasteiger partial charge in [0.05, 0.1) is 16.6 Å². The SMILES string of the molecule is CN1CCC(Oc2cc(OC(=O)C(F)(F)F)cc3ncnc(N(F)c4cccc(Cl)c4)c23)CC1. The second-order valence-corrected chi connectivity index (χ2v) is 8.22. The molecule has 2 aromatic carbocycles. The molecule has 1 aliphatic rings. The number of nitrogens with zero attached hydrogens (tertiary/aromatic N) is 4. The summed E-state index contributed by atoms with van der Waals surface area (Å²) < 4.78 is 64.3. The average molecular weight is 499 g/mol. The van der Waals surface area contributed by atoms with Crippen molar-refractivity contribution in [3.05, 3.63) is 47.7 Å². The molecule has 0 N–H and O–H groups in total. The number of anilines is 2. The molecule has 0 spiro atoms. The highest BCUT2D eigenvalue weighted by molar-refractivity contribution is 6.30. The molecule has 0 unspecified atom stereocenters. The van der Waals surface area contributed by atoms with Crippen LogP contribution in [-0.4, -0.2) is 53.3 Å². The fraction of sp³-hybridized carbons (Fsp3) is 0.318. The van der Waals surface area contributed by atoms with Crippen LogP contribution in [0.4, 0.5) is 29.2 Å². The Morgan fingerprint density at radius 1 is 1.18 bits per heavy atom. The molecule has 34 heavy (non-hydrogen) atoms. The van der Waals surface area contributed by atoms with Gasteiger partial charge in [0.25, 0.3) is 0 Å². The summed E-state index contributed by atoms with van der Waals surface area (Å²) in [6.07, 6.45) is -3.16. The molecule has 1 fully saturated rings. The van der Waals surface area contributed by atoms with E-state index in [-0.39, 0.29) is 39.4 Å². The Hall–Kier alpha value is -3.18. The third-order valence-corrected chi connectivity index (χ3v) is 5.51. The number of likely N-dealkylation sites (tertiary alicyclic amines) is 1. The van der Waals surface area contributed by atoms with E-state index in [0.29, 0.717) is 17.9 Å². The first-order chi connectivity index (χ1) is 16.1. The molecule has 0 saturated carbocycles. The first-order valence-electron chi connectivity index (χ1n) is 10.3. The Kier molecular flexibility index (Phi) is 6.76. The summed E-state index contributed by atoms with van der Waals surface area (Å²) in [4.78, 5) is 21.6. The van der Waals surface area contributed by atoms with Crippen LogP contribution in [0.1, 0.15) is 12.8 Å². The Labute approximate surface area is 196 Å². The van der Waals surface area contributed by atoms with E-state index in [9.17, 15) is 18.0 Å². The van der Waals surface area contributed by atoms with Gasteiger partial charge in [0.15, 0.2) is 5.82 Å². The number of fused-ring (bicyclic) bond motifs is 1. The second-order valence-electron chi connectivity index (χ2n) is 7.78. The number of carbonyl (C=O) groups is 1. The van der Waals surface area contributed by atoms with Crippen molar-refractivity contribution in [1.29, 1.82) is 0 Å². The molecule has 4 rings (SSSR count). The number of aromatic nitrogens is 2. The molecular weight excluding hydrogens is 480 g/mol. The van der Waals surface area contributed by atoms with E-state index in [4.69, 9.17) is 16.3 Å². The number of ether oxygens (including phenoxy) is 2. The Morgan fingerprint density at radius 2 is 1.91 bits per heavy atom. The highest BCUT2D eigenvalue weighted by Crippen LogP contribution is 2.40. The van der Waals surface area contributed by atoms with Gasteiger partial charge in [-0.25, -0.2) is 14.8 Å². The number of hydrogen-bond donors (Lipinski definition) is 0. The molecule has 12 heteroatoms. The summed E-state index contributed by atoms with van der Waals surface area (Å²) >= 11 is 5.98. The number of rotatable bonds is 5. The lowest BCUT2D eigenvalue weighted by atomic mass is 10.1. The number of hydrogen-bond acceptors (Lipinski definition) is 7. The second kappa shape index (κ2) is 9.59. The molecule has 0 bridgehead atoms. The van der Waals surface area contributed by atoms with Crippen LogP contribution in [0.25, 0.3) is 10.9 Å². The summed E-state index contributed by atoms with van der Waals surface area (Å²) in [7, 11) is 1.96. The van der Waals surface area contributed by atoms with Gasteiger partial charge in [-0.15, -0.1) is 0 Å². The van der Waals surface area contributed by atoms with E-state index in [2.05, 4.69) is 19.6 Å². The normalized spacial score (nSPS) is 15.4. The summed E-state index contributed by atoms with van der Waals surface area (Å²) in [5.41, 5.74) is 0.107. The van der Waals surface area contributed by atoms with Crippen molar-refractivity contribution in [2.24, 2.45) is 0 Å². The molecule has 2 heterocycles. The molecule has 0 radical (unpaired) electrons. The summed E-state index contributed by atoms with van der Waals surface area (Å²) in [6.45, 7) is 1.49. The zero-order chi connectivity index (χ0) is 24.5. The molecule has 180 valence electrons. The lowest BCUT2D eigenvalue weighted by molar-refractivity contribution is -0.189. The molecule has 3 aromatic rings. The third-order valence-electron chi connectivity index (χ3n) is 5.28. The van der Waals surface area contributed by atoms with Gasteiger partial charge in [-0.3, -0.25) is 0 Å². The highest BCUT2D eigenvalue weighted by Gasteiger charge is 2.41. The number of benzene rings is 2. The smallest absolute Gasteiger partial charge is 0.489 e. The maximum Gasteiger partial charge on any atom is 0.491 e. The van der Waals surface area contributed by atoms with Gasteiger partial charge >= 0.3 is 12.1 Å². The number of halogens is 5. The zero-order valence-electron chi connectivity index (χ0n) is 17.9. The van der Waals surface area contributed by atoms with Crippen LogP contribution in [0.15, 0.2) is 42.7 Å². The van der Waals surface area contributed by atoms with Gasteiger partial charge in [0, 0.05) is 30.2 Å². The van der Waals surface area contributed by atoms with Gasteiger partial charge in [0.2, 0.25) is 0 Å². The minimum Gasteiger partial charge on any atom is -0.489 e. The van der Waals surface area contributed by atoms with Gasteiger partial charge in [-0.1, -0.05) is 22.1 Å². The van der Waals surface area contributed by atoms with E-state index < -0.39 is 17.9 Å². The number of piperidine rings is 1. The zero-order valence-corrected chi connectivity index (χ0v) is 18.6. The summed E-state index contributed by atoms with van der Waals surface area (Å²) in [5.74, 6) is -3.03. The minimum absolute atomic E-state index is 0.00249. The Bertz CT molecular complexity index is 1200. The number of alkyl halides is 3. The Balaban J connectivity index is 1.80. The van der Waals surface area contributed by atoms with Crippen molar-refractivity contribution in [2.75, 3.05) is 25.3 Å². The first-order valence-corrected chi connectivity index (χ1v) is 10.6. The lowest BCUT2D eigenvalue weighted by Crippen LogP contribution is -2.35. The van der Waals surface area contributed by atoms with E-state index in [1.165, 1.54) is 12.1 Å². The fourth-order valence-corrected chi connectivity index (χ4v) is 3.77. The maximum atomic E-state index is 15.4. The van der Waals surface area contributed by atoms with Crippen molar-refractivity contribution < 1.29 is 31.9 Å². The maximum absolute atomic E-state index is 15.4. The van der Waals surface area contributed by atoms with Gasteiger partial charge < -0.3 is 14.4 Å². The topological polar surface area (TPSA) is 67.8 Å². The van der Waals surface area contributed by atoms with Crippen molar-refractivity contribution in [2.45, 2.75) is 25.1 Å². The fourth-order valence-electron chi connectivity index (χ4n) is 3.58. The van der Waals surface area contributed by atoms with Crippen molar-refractivity contribution in [3.8, 4) is 11.5 Å². The predicted octanol–water partition coefficient (Wildman–Crippen LogP) is 5.25. The molecule has 1 aliphatic heterocycles. The predicted molar refractivity (Wildman–Crippen MR) is 117 cm³/mol. The number of esters is 1. The van der Waals surface area contributed by atoms with Crippen LogP contribution in [0, 0.1) is 0 Å². The molecule has 0 amide bonds. The van der Waals surface area contributed by atoms with Crippen LogP contribution in [0.5, 0.6) is 11.5 Å². The van der Waals surface area contributed by atoms with Crippen LogP contribution >= 0.6 is 11.6 Å². The average Bonchev–Trinajstić information content (AvgIpc) is 2.79. The largest absolute Gasteiger partial charge is 0.491 e. The molecule has 1 aromatic heterocycles. The summed E-state index contributed by atoms with van der Waals surface area (Å²) in [6, 6.07) is 8.19. The van der Waals surface area contributed by atoms with E-state index in [1.54, 1.807) is 12.1 Å². The monoisotopic (exact) mass is 498 g/mol. The van der Waals surface area contributed by atoms with E-state index >= 15 is 4.48 Å². The standard InChI is InChI=1S/C22H19ClF4N4O3/c1-30-7-5-15(6-8-30)33-18-11-16(34-21(32)22(24,25)26)10-17-19(18)20(29-12-28-17)31(27)14-4-2-3-13(23)9-14/h2-4,9-12,15H,5-8H2,1H3. The Morgan fingerprint density at radius 3 is 2.59 bits per heavy atom. The highest BCUT2D eigenvalue weighted by atomic mass is 35.5. The summed E-state index contributed by atoms with van der Waals surface area (Å²) in [5, 5.41) is 0.678. The van der Waals surface area contributed by atoms with Crippen LogP contribution in [-0.2, 0) is 4.79 Å². The molecular formula is C22H19ClF4N4O3. The van der Waals surface area contributed by atoms with Crippen LogP contribution < -0.4 is 14.6 Å². The molecule has 1 saturated heterocycles. The van der Waals surface area contributed by atoms with Crippen molar-refractivity contribution in [3.63, 3.8) is 0 Å². The molecule has 0 aliphatic carbocycles. The van der Waals surface area contributed by atoms with Crippen molar-refractivity contribution in [1.82, 2.24) is 14.9 Å². The quantitative estimate of drug-likeness (QED) is 0.206.